The number of hydrogen-bond acceptors (Lipinski definition) is 4. The molecule has 1 aromatic heterocycles. The molecule has 106 valence electrons. The summed E-state index contributed by atoms with van der Waals surface area (Å²) in [5.41, 5.74) is 7.71. The normalized spacial score (nSPS) is 27.9. The third-order valence-electron chi connectivity index (χ3n) is 4.40. The van der Waals surface area contributed by atoms with Crippen LogP contribution in [0.5, 0.6) is 0 Å². The lowest BCUT2D eigenvalue weighted by Crippen LogP contribution is -2.48. The van der Waals surface area contributed by atoms with Gasteiger partial charge in [-0.2, -0.15) is 11.3 Å². The van der Waals surface area contributed by atoms with Gasteiger partial charge in [-0.1, -0.05) is 0 Å². The minimum atomic E-state index is 0.191. The first-order valence-corrected chi connectivity index (χ1v) is 8.29. The highest BCUT2D eigenvalue weighted by Crippen LogP contribution is 2.35. The van der Waals surface area contributed by atoms with E-state index in [4.69, 9.17) is 10.5 Å². The third-order valence-corrected chi connectivity index (χ3v) is 5.14. The fourth-order valence-corrected chi connectivity index (χ4v) is 3.72. The van der Waals surface area contributed by atoms with Gasteiger partial charge in [0, 0.05) is 37.7 Å². The zero-order valence-electron chi connectivity index (χ0n) is 11.5. The van der Waals surface area contributed by atoms with Crippen molar-refractivity contribution in [2.75, 3.05) is 26.3 Å². The van der Waals surface area contributed by atoms with E-state index in [0.29, 0.717) is 0 Å². The van der Waals surface area contributed by atoms with Gasteiger partial charge >= 0.3 is 0 Å². The monoisotopic (exact) mass is 280 g/mol. The van der Waals surface area contributed by atoms with E-state index >= 15 is 0 Å². The molecular weight excluding hydrogens is 256 g/mol. The zero-order chi connectivity index (χ0) is 13.1. The molecule has 0 amide bonds. The highest BCUT2D eigenvalue weighted by atomic mass is 32.1. The molecule has 1 atom stereocenters. The molecule has 0 spiro atoms. The highest BCUT2D eigenvalue weighted by Gasteiger charge is 2.38. The van der Waals surface area contributed by atoms with Gasteiger partial charge in [0.05, 0.1) is 6.61 Å². The Kier molecular flexibility index (Phi) is 4.22. The molecule has 2 fully saturated rings. The van der Waals surface area contributed by atoms with Crippen LogP contribution in [0.3, 0.4) is 0 Å². The molecule has 1 saturated heterocycles. The van der Waals surface area contributed by atoms with Gasteiger partial charge in [-0.3, -0.25) is 4.90 Å². The summed E-state index contributed by atoms with van der Waals surface area (Å²) in [6, 6.07) is 3.03. The summed E-state index contributed by atoms with van der Waals surface area (Å²) < 4.78 is 5.71. The molecule has 1 aliphatic carbocycles. The van der Waals surface area contributed by atoms with Crippen molar-refractivity contribution in [3.8, 4) is 0 Å². The van der Waals surface area contributed by atoms with Gasteiger partial charge in [-0.05, 0) is 48.1 Å². The van der Waals surface area contributed by atoms with Crippen LogP contribution in [-0.4, -0.2) is 37.2 Å². The molecule has 0 bridgehead atoms. The van der Waals surface area contributed by atoms with Crippen LogP contribution in [0.25, 0.3) is 0 Å². The summed E-state index contributed by atoms with van der Waals surface area (Å²) in [6.45, 7) is 4.69. The highest BCUT2D eigenvalue weighted by molar-refractivity contribution is 7.07. The van der Waals surface area contributed by atoms with Gasteiger partial charge in [-0.25, -0.2) is 0 Å². The zero-order valence-corrected chi connectivity index (χ0v) is 12.3. The Morgan fingerprint density at radius 2 is 2.37 bits per heavy atom. The molecule has 0 aromatic carbocycles. The largest absolute Gasteiger partial charge is 0.381 e. The van der Waals surface area contributed by atoms with E-state index in [2.05, 4.69) is 21.7 Å². The average molecular weight is 280 g/mol. The number of nitrogens with zero attached hydrogens (tertiary/aromatic N) is 1. The van der Waals surface area contributed by atoms with Gasteiger partial charge < -0.3 is 10.5 Å². The summed E-state index contributed by atoms with van der Waals surface area (Å²) in [4.78, 5) is 2.64. The molecule has 1 aromatic rings. The van der Waals surface area contributed by atoms with Crippen molar-refractivity contribution < 1.29 is 4.74 Å². The number of hydrogen-bond donors (Lipinski definition) is 1. The standard InChI is InChI=1S/C15H24N2OS/c16-10-15(5-1-6-18-12-15)11-17(14-2-3-14)8-13-4-7-19-9-13/h4,7,9,14H,1-3,5-6,8,10-12,16H2. The first kappa shape index (κ1) is 13.6. The van der Waals surface area contributed by atoms with Crippen LogP contribution < -0.4 is 5.73 Å². The van der Waals surface area contributed by atoms with Crippen LogP contribution in [0.1, 0.15) is 31.2 Å². The molecule has 4 heteroatoms. The maximum atomic E-state index is 6.08. The Balaban J connectivity index is 1.66. The topological polar surface area (TPSA) is 38.5 Å². The lowest BCUT2D eigenvalue weighted by Gasteiger charge is -2.40. The van der Waals surface area contributed by atoms with E-state index in [1.807, 2.05) is 0 Å². The number of rotatable bonds is 6. The Morgan fingerprint density at radius 1 is 1.47 bits per heavy atom. The van der Waals surface area contributed by atoms with Gasteiger partial charge in [-0.15, -0.1) is 0 Å². The molecule has 0 radical (unpaired) electrons. The third kappa shape index (κ3) is 3.37. The lowest BCUT2D eigenvalue weighted by atomic mass is 9.82. The second-order valence-corrected chi connectivity index (χ2v) is 6.91. The van der Waals surface area contributed by atoms with Crippen LogP contribution in [0.4, 0.5) is 0 Å². The molecule has 2 heterocycles. The molecule has 2 aliphatic rings. The smallest absolute Gasteiger partial charge is 0.0546 e. The molecule has 19 heavy (non-hydrogen) atoms. The summed E-state index contributed by atoms with van der Waals surface area (Å²) >= 11 is 1.79. The molecule has 1 aliphatic heterocycles. The Morgan fingerprint density at radius 3 is 2.95 bits per heavy atom. The second-order valence-electron chi connectivity index (χ2n) is 6.13. The van der Waals surface area contributed by atoms with Crippen molar-refractivity contribution in [2.45, 2.75) is 38.3 Å². The van der Waals surface area contributed by atoms with Crippen LogP contribution in [0, 0.1) is 5.41 Å². The second kappa shape index (κ2) is 5.92. The van der Waals surface area contributed by atoms with Crippen LogP contribution >= 0.6 is 11.3 Å². The van der Waals surface area contributed by atoms with Crippen molar-refractivity contribution in [3.63, 3.8) is 0 Å². The van der Waals surface area contributed by atoms with E-state index in [9.17, 15) is 0 Å². The fraction of sp³-hybridized carbons (Fsp3) is 0.733. The fourth-order valence-electron chi connectivity index (χ4n) is 3.06. The number of thiophene rings is 1. The van der Waals surface area contributed by atoms with E-state index < -0.39 is 0 Å². The summed E-state index contributed by atoms with van der Waals surface area (Å²) in [5.74, 6) is 0. The molecule has 3 rings (SSSR count). The number of nitrogens with two attached hydrogens (primary N) is 1. The maximum absolute atomic E-state index is 6.08. The van der Waals surface area contributed by atoms with E-state index in [1.165, 1.54) is 24.8 Å². The van der Waals surface area contributed by atoms with Gasteiger partial charge in [0.25, 0.3) is 0 Å². The van der Waals surface area contributed by atoms with Crippen molar-refractivity contribution in [1.29, 1.82) is 0 Å². The number of ether oxygens (including phenoxy) is 1. The van der Waals surface area contributed by atoms with Crippen molar-refractivity contribution in [1.82, 2.24) is 4.90 Å². The predicted octanol–water partition coefficient (Wildman–Crippen LogP) is 2.47. The molecular formula is C15H24N2OS. The summed E-state index contributed by atoms with van der Waals surface area (Å²) in [5, 5.41) is 4.44. The average Bonchev–Trinajstić information content (AvgIpc) is 3.18. The Bertz CT molecular complexity index is 383. The van der Waals surface area contributed by atoms with Gasteiger partial charge in [0.1, 0.15) is 0 Å². The van der Waals surface area contributed by atoms with Crippen LogP contribution in [0.15, 0.2) is 16.8 Å². The van der Waals surface area contributed by atoms with Crippen molar-refractivity contribution in [3.05, 3.63) is 22.4 Å². The quantitative estimate of drug-likeness (QED) is 0.870. The van der Waals surface area contributed by atoms with Crippen LogP contribution in [0.2, 0.25) is 0 Å². The Labute approximate surface area is 119 Å². The minimum absolute atomic E-state index is 0.191. The predicted molar refractivity (Wildman–Crippen MR) is 79.3 cm³/mol. The summed E-state index contributed by atoms with van der Waals surface area (Å²) in [7, 11) is 0. The molecule has 3 nitrogen and oxygen atoms in total. The molecule has 1 saturated carbocycles. The molecule has 1 unspecified atom stereocenters. The van der Waals surface area contributed by atoms with Crippen molar-refractivity contribution in [2.24, 2.45) is 11.1 Å². The minimum Gasteiger partial charge on any atom is -0.381 e. The van der Waals surface area contributed by atoms with E-state index in [-0.39, 0.29) is 5.41 Å². The Hall–Kier alpha value is -0.420. The van der Waals surface area contributed by atoms with E-state index in [0.717, 1.165) is 45.3 Å². The van der Waals surface area contributed by atoms with E-state index in [1.54, 1.807) is 11.3 Å². The van der Waals surface area contributed by atoms with Gasteiger partial charge in [0.15, 0.2) is 0 Å². The SMILES string of the molecule is NCC1(CN(Cc2ccsc2)C2CC2)CCCOC1. The van der Waals surface area contributed by atoms with Crippen molar-refractivity contribution >= 4 is 11.3 Å². The van der Waals surface area contributed by atoms with Crippen LogP contribution in [-0.2, 0) is 11.3 Å². The first-order valence-electron chi connectivity index (χ1n) is 7.34. The summed E-state index contributed by atoms with van der Waals surface area (Å²) in [6.07, 6.45) is 5.09. The van der Waals surface area contributed by atoms with Gasteiger partial charge in [0.2, 0.25) is 0 Å². The lowest BCUT2D eigenvalue weighted by molar-refractivity contribution is -0.0246. The first-order chi connectivity index (χ1) is 9.31. The maximum Gasteiger partial charge on any atom is 0.0546 e. The molecule has 2 N–H and O–H groups in total.